The van der Waals surface area contributed by atoms with Gasteiger partial charge in [-0.1, -0.05) is 18.2 Å². The lowest BCUT2D eigenvalue weighted by molar-refractivity contribution is 0.194. The number of hydrogen-bond donors (Lipinski definition) is 1. The second kappa shape index (κ2) is 8.77. The van der Waals surface area contributed by atoms with Gasteiger partial charge in [-0.2, -0.15) is 0 Å². The van der Waals surface area contributed by atoms with Gasteiger partial charge in [-0.25, -0.2) is 4.79 Å². The molecule has 23 heavy (non-hydrogen) atoms. The van der Waals surface area contributed by atoms with E-state index >= 15 is 0 Å². The van der Waals surface area contributed by atoms with Gasteiger partial charge in [0.1, 0.15) is 12.4 Å². The van der Waals surface area contributed by atoms with Crippen LogP contribution in [0, 0.1) is 6.92 Å². The van der Waals surface area contributed by atoms with E-state index in [1.165, 1.54) is 0 Å². The lowest BCUT2D eigenvalue weighted by Gasteiger charge is -2.23. The Bertz CT molecular complexity index is 505. The average molecular weight is 319 g/mol. The Kier molecular flexibility index (Phi) is 6.71. The van der Waals surface area contributed by atoms with Gasteiger partial charge < -0.3 is 19.9 Å². The molecule has 1 aromatic carbocycles. The summed E-state index contributed by atoms with van der Waals surface area (Å²) in [4.78, 5) is 16.4. The fourth-order valence-corrected chi connectivity index (χ4v) is 2.95. The van der Waals surface area contributed by atoms with E-state index in [1.807, 2.05) is 36.1 Å². The molecule has 1 aliphatic rings. The minimum absolute atomic E-state index is 0.0257. The van der Waals surface area contributed by atoms with Gasteiger partial charge in [0, 0.05) is 19.1 Å². The summed E-state index contributed by atoms with van der Waals surface area (Å²) < 4.78 is 5.71. The summed E-state index contributed by atoms with van der Waals surface area (Å²) in [5.74, 6) is 0.880. The Hall–Kier alpha value is -1.75. The van der Waals surface area contributed by atoms with Crippen LogP contribution in [0.5, 0.6) is 5.75 Å². The third kappa shape index (κ3) is 5.43. The number of para-hydroxylation sites is 1. The average Bonchev–Trinajstić information content (AvgIpc) is 2.79. The standard InChI is InChI=1S/C18H29N3O2/c1-15-7-4-5-9-17(15)23-14-11-19-18(22)21-12-6-8-16(10-13-21)20(2)3/h4-5,7,9,16H,6,8,10-14H2,1-3H3,(H,19,22). The predicted molar refractivity (Wildman–Crippen MR) is 93.0 cm³/mol. The molecule has 0 aromatic heterocycles. The zero-order chi connectivity index (χ0) is 16.7. The highest BCUT2D eigenvalue weighted by Gasteiger charge is 2.21. The number of hydrogen-bond acceptors (Lipinski definition) is 3. The van der Waals surface area contributed by atoms with Gasteiger partial charge in [0.15, 0.2) is 0 Å². The van der Waals surface area contributed by atoms with Gasteiger partial charge in [-0.3, -0.25) is 0 Å². The van der Waals surface area contributed by atoms with Crippen LogP contribution in [-0.2, 0) is 0 Å². The van der Waals surface area contributed by atoms with Crippen LogP contribution in [0.25, 0.3) is 0 Å². The first-order chi connectivity index (χ1) is 11.1. The highest BCUT2D eigenvalue weighted by atomic mass is 16.5. The molecule has 1 atom stereocenters. The van der Waals surface area contributed by atoms with E-state index in [4.69, 9.17) is 4.74 Å². The summed E-state index contributed by atoms with van der Waals surface area (Å²) >= 11 is 0. The van der Waals surface area contributed by atoms with Crippen LogP contribution < -0.4 is 10.1 Å². The zero-order valence-electron chi connectivity index (χ0n) is 14.5. The summed E-state index contributed by atoms with van der Waals surface area (Å²) in [5.41, 5.74) is 1.11. The zero-order valence-corrected chi connectivity index (χ0v) is 14.5. The van der Waals surface area contributed by atoms with E-state index in [1.54, 1.807) is 0 Å². The lowest BCUT2D eigenvalue weighted by Crippen LogP contribution is -2.42. The molecule has 1 fully saturated rings. The minimum Gasteiger partial charge on any atom is -0.491 e. The maximum atomic E-state index is 12.3. The number of nitrogens with one attached hydrogen (secondary N) is 1. The van der Waals surface area contributed by atoms with E-state index in [9.17, 15) is 4.79 Å². The Morgan fingerprint density at radius 3 is 2.83 bits per heavy atom. The van der Waals surface area contributed by atoms with Crippen LogP contribution in [-0.4, -0.2) is 62.2 Å². The van der Waals surface area contributed by atoms with E-state index in [2.05, 4.69) is 24.3 Å². The van der Waals surface area contributed by atoms with E-state index in [-0.39, 0.29) is 6.03 Å². The molecule has 128 valence electrons. The number of carbonyl (C=O) groups is 1. The first-order valence-corrected chi connectivity index (χ1v) is 8.45. The summed E-state index contributed by atoms with van der Waals surface area (Å²) in [6.07, 6.45) is 3.27. The van der Waals surface area contributed by atoms with Gasteiger partial charge in [-0.15, -0.1) is 0 Å². The summed E-state index contributed by atoms with van der Waals surface area (Å²) in [6.45, 7) is 4.71. The smallest absolute Gasteiger partial charge is 0.317 e. The lowest BCUT2D eigenvalue weighted by atomic mass is 10.1. The van der Waals surface area contributed by atoms with Crippen LogP contribution in [0.4, 0.5) is 4.79 Å². The molecule has 1 aliphatic heterocycles. The van der Waals surface area contributed by atoms with Crippen molar-refractivity contribution >= 4 is 6.03 Å². The number of urea groups is 1. The van der Waals surface area contributed by atoms with Crippen LogP contribution in [0.2, 0.25) is 0 Å². The van der Waals surface area contributed by atoms with Crippen molar-refractivity contribution in [2.24, 2.45) is 0 Å². The van der Waals surface area contributed by atoms with Crippen LogP contribution in [0.15, 0.2) is 24.3 Å². The predicted octanol–water partition coefficient (Wildman–Crippen LogP) is 2.50. The molecule has 0 saturated carbocycles. The molecular formula is C18H29N3O2. The van der Waals surface area contributed by atoms with Crippen molar-refractivity contribution in [3.8, 4) is 5.75 Å². The van der Waals surface area contributed by atoms with Crippen molar-refractivity contribution in [3.63, 3.8) is 0 Å². The van der Waals surface area contributed by atoms with E-state index < -0.39 is 0 Å². The van der Waals surface area contributed by atoms with Crippen molar-refractivity contribution in [3.05, 3.63) is 29.8 Å². The fourth-order valence-electron chi connectivity index (χ4n) is 2.95. The van der Waals surface area contributed by atoms with Crippen molar-refractivity contribution in [1.29, 1.82) is 0 Å². The SMILES string of the molecule is Cc1ccccc1OCCNC(=O)N1CCCC(N(C)C)CC1. The molecule has 5 heteroatoms. The maximum absolute atomic E-state index is 12.3. The third-order valence-corrected chi connectivity index (χ3v) is 4.44. The van der Waals surface area contributed by atoms with Gasteiger partial charge >= 0.3 is 6.03 Å². The number of aryl methyl sites for hydroxylation is 1. The van der Waals surface area contributed by atoms with Gasteiger partial charge in [0.2, 0.25) is 0 Å². The monoisotopic (exact) mass is 319 g/mol. The van der Waals surface area contributed by atoms with Crippen LogP contribution in [0.1, 0.15) is 24.8 Å². The highest BCUT2D eigenvalue weighted by Crippen LogP contribution is 2.16. The first kappa shape index (κ1) is 17.6. The first-order valence-electron chi connectivity index (χ1n) is 8.45. The molecule has 1 aromatic rings. The number of amides is 2. The molecule has 1 N–H and O–H groups in total. The topological polar surface area (TPSA) is 44.8 Å². The molecule has 2 amide bonds. The van der Waals surface area contributed by atoms with Gasteiger partial charge in [-0.05, 0) is 51.9 Å². The second-order valence-corrected chi connectivity index (χ2v) is 6.38. The Labute approximate surface area is 139 Å². The number of carbonyl (C=O) groups excluding carboxylic acids is 1. The molecule has 0 bridgehead atoms. The molecule has 1 unspecified atom stereocenters. The highest BCUT2D eigenvalue weighted by molar-refractivity contribution is 5.74. The molecule has 0 aliphatic carbocycles. The fraction of sp³-hybridized carbons (Fsp3) is 0.611. The minimum atomic E-state index is 0.0257. The van der Waals surface area contributed by atoms with Crippen molar-refractivity contribution in [2.45, 2.75) is 32.2 Å². The maximum Gasteiger partial charge on any atom is 0.317 e. The normalized spacial score (nSPS) is 18.6. The van der Waals surface area contributed by atoms with Crippen molar-refractivity contribution in [2.75, 3.05) is 40.3 Å². The summed E-state index contributed by atoms with van der Waals surface area (Å²) in [6, 6.07) is 8.53. The Morgan fingerprint density at radius 1 is 1.30 bits per heavy atom. The van der Waals surface area contributed by atoms with Crippen LogP contribution >= 0.6 is 0 Å². The van der Waals surface area contributed by atoms with E-state index in [0.717, 1.165) is 43.7 Å². The number of ether oxygens (including phenoxy) is 1. The molecule has 0 radical (unpaired) electrons. The number of rotatable bonds is 5. The number of likely N-dealkylation sites (tertiary alicyclic amines) is 1. The Morgan fingerprint density at radius 2 is 2.09 bits per heavy atom. The van der Waals surface area contributed by atoms with Crippen LogP contribution in [0.3, 0.4) is 0 Å². The molecule has 0 spiro atoms. The third-order valence-electron chi connectivity index (χ3n) is 4.44. The quantitative estimate of drug-likeness (QED) is 0.848. The van der Waals surface area contributed by atoms with E-state index in [0.29, 0.717) is 19.2 Å². The summed E-state index contributed by atoms with van der Waals surface area (Å²) in [5, 5.41) is 2.96. The number of nitrogens with zero attached hydrogens (tertiary/aromatic N) is 2. The molecular weight excluding hydrogens is 290 g/mol. The number of benzene rings is 1. The largest absolute Gasteiger partial charge is 0.491 e. The Balaban J connectivity index is 1.69. The summed E-state index contributed by atoms with van der Waals surface area (Å²) in [7, 11) is 4.23. The molecule has 2 rings (SSSR count). The van der Waals surface area contributed by atoms with Crippen molar-refractivity contribution < 1.29 is 9.53 Å². The van der Waals surface area contributed by atoms with Crippen molar-refractivity contribution in [1.82, 2.24) is 15.1 Å². The molecule has 1 saturated heterocycles. The van der Waals surface area contributed by atoms with Gasteiger partial charge in [0.05, 0.1) is 6.54 Å². The van der Waals surface area contributed by atoms with Gasteiger partial charge in [0.25, 0.3) is 0 Å². The molecule has 1 heterocycles. The molecule has 5 nitrogen and oxygen atoms in total. The second-order valence-electron chi connectivity index (χ2n) is 6.38.